The fourth-order valence-electron chi connectivity index (χ4n) is 4.35. The summed E-state index contributed by atoms with van der Waals surface area (Å²) in [6.07, 6.45) is -2.52. The molecule has 2 aromatic heterocycles. The van der Waals surface area contributed by atoms with E-state index in [1.165, 1.54) is 17.2 Å². The van der Waals surface area contributed by atoms with Gasteiger partial charge in [-0.1, -0.05) is 0 Å². The lowest BCUT2D eigenvalue weighted by Crippen LogP contribution is -2.56. The molecule has 1 unspecified atom stereocenters. The van der Waals surface area contributed by atoms with Crippen molar-refractivity contribution in [3.63, 3.8) is 0 Å². The van der Waals surface area contributed by atoms with Gasteiger partial charge in [0.2, 0.25) is 0 Å². The highest BCUT2D eigenvalue weighted by atomic mass is 19.4. The van der Waals surface area contributed by atoms with Crippen LogP contribution >= 0.6 is 0 Å². The maximum absolute atomic E-state index is 13.6. The number of nitrogens with zero attached hydrogens (tertiary/aromatic N) is 2. The molecule has 1 amide bonds. The molecule has 2 aliphatic rings. The van der Waals surface area contributed by atoms with E-state index in [-0.39, 0.29) is 57.0 Å². The third-order valence-electron chi connectivity index (χ3n) is 5.72. The number of hydrogen-bond donors (Lipinski definition) is 2. The first-order valence-electron chi connectivity index (χ1n) is 8.80. The van der Waals surface area contributed by atoms with Gasteiger partial charge in [-0.25, -0.2) is 9.78 Å². The van der Waals surface area contributed by atoms with Gasteiger partial charge in [0.05, 0.1) is 17.0 Å². The minimum Gasteiger partial charge on any atom is -0.381 e. The number of fused-ring (bicyclic) bond motifs is 1. The molecular weight excluding hydrogens is 365 g/mol. The first-order chi connectivity index (χ1) is 12.8. The summed E-state index contributed by atoms with van der Waals surface area (Å²) in [5, 5.41) is 0. The third kappa shape index (κ3) is 3.22. The van der Waals surface area contributed by atoms with Gasteiger partial charge >= 0.3 is 11.9 Å². The molecule has 4 rings (SSSR count). The molecular formula is C17H19F3N4O3. The average molecular weight is 384 g/mol. The SMILES string of the molecule is O=C(c1cnc2[nH]c(=O)[nH]c2c1)N1CCC(C(F)(F)F)C2(CCOCC2)C1. The van der Waals surface area contributed by atoms with Crippen molar-refractivity contribution in [1.82, 2.24) is 19.9 Å². The molecule has 7 nitrogen and oxygen atoms in total. The number of pyridine rings is 1. The number of aromatic amines is 2. The minimum atomic E-state index is -4.29. The zero-order chi connectivity index (χ0) is 19.2. The number of ether oxygens (including phenoxy) is 1. The lowest BCUT2D eigenvalue weighted by atomic mass is 9.65. The van der Waals surface area contributed by atoms with Crippen LogP contribution in [-0.2, 0) is 4.74 Å². The van der Waals surface area contributed by atoms with Crippen LogP contribution in [0.3, 0.4) is 0 Å². The second kappa shape index (κ2) is 6.36. The predicted molar refractivity (Wildman–Crippen MR) is 89.3 cm³/mol. The topological polar surface area (TPSA) is 91.1 Å². The first kappa shape index (κ1) is 18.0. The maximum Gasteiger partial charge on any atom is 0.392 e. The summed E-state index contributed by atoms with van der Waals surface area (Å²) in [7, 11) is 0. The van der Waals surface area contributed by atoms with Gasteiger partial charge < -0.3 is 14.6 Å². The van der Waals surface area contributed by atoms with E-state index in [4.69, 9.17) is 4.74 Å². The standard InChI is InChI=1S/C17H19F3N4O3/c18-17(19,20)12-1-4-24(9-16(12)2-5-27-6-3-16)14(25)10-7-11-13(21-8-10)23-15(26)22-11/h7-8,12H,1-6,9H2,(H2,21,22,23,26). The lowest BCUT2D eigenvalue weighted by molar-refractivity contribution is -0.232. The number of carbonyl (C=O) groups excluding carboxylic acids is 1. The van der Waals surface area contributed by atoms with Crippen molar-refractivity contribution in [1.29, 1.82) is 0 Å². The molecule has 0 saturated carbocycles. The largest absolute Gasteiger partial charge is 0.392 e. The summed E-state index contributed by atoms with van der Waals surface area (Å²) < 4.78 is 46.1. The molecule has 4 heterocycles. The number of nitrogens with one attached hydrogen (secondary N) is 2. The maximum atomic E-state index is 13.6. The quantitative estimate of drug-likeness (QED) is 0.788. The zero-order valence-corrected chi connectivity index (χ0v) is 14.4. The Balaban J connectivity index is 1.61. The number of likely N-dealkylation sites (tertiary alicyclic amines) is 1. The highest BCUT2D eigenvalue weighted by Gasteiger charge is 2.56. The summed E-state index contributed by atoms with van der Waals surface area (Å²) >= 11 is 0. The van der Waals surface area contributed by atoms with Gasteiger partial charge in [-0.2, -0.15) is 13.2 Å². The molecule has 10 heteroatoms. The predicted octanol–water partition coefficient (Wildman–Crippen LogP) is 2.07. The molecule has 146 valence electrons. The van der Waals surface area contributed by atoms with Gasteiger partial charge in [0.15, 0.2) is 5.65 Å². The van der Waals surface area contributed by atoms with Gasteiger partial charge in [0.1, 0.15) is 0 Å². The summed E-state index contributed by atoms with van der Waals surface area (Å²) in [6, 6.07) is 1.50. The van der Waals surface area contributed by atoms with Crippen LogP contribution < -0.4 is 5.69 Å². The zero-order valence-electron chi connectivity index (χ0n) is 14.4. The van der Waals surface area contributed by atoms with Crippen LogP contribution in [0, 0.1) is 11.3 Å². The third-order valence-corrected chi connectivity index (χ3v) is 5.72. The second-order valence-electron chi connectivity index (χ2n) is 7.28. The number of piperidine rings is 1. The van der Waals surface area contributed by atoms with Crippen molar-refractivity contribution in [2.45, 2.75) is 25.4 Å². The van der Waals surface area contributed by atoms with Crippen molar-refractivity contribution in [3.8, 4) is 0 Å². The van der Waals surface area contributed by atoms with E-state index in [9.17, 15) is 22.8 Å². The number of alkyl halides is 3. The molecule has 0 radical (unpaired) electrons. The molecule has 0 aliphatic carbocycles. The highest BCUT2D eigenvalue weighted by Crippen LogP contribution is 2.51. The fourth-order valence-corrected chi connectivity index (χ4v) is 4.35. The Morgan fingerprint density at radius 2 is 2.04 bits per heavy atom. The molecule has 2 N–H and O–H groups in total. The van der Waals surface area contributed by atoms with Crippen molar-refractivity contribution < 1.29 is 22.7 Å². The Morgan fingerprint density at radius 1 is 1.30 bits per heavy atom. The van der Waals surface area contributed by atoms with Gasteiger partial charge in [-0.15, -0.1) is 0 Å². The number of H-pyrrole nitrogens is 2. The molecule has 27 heavy (non-hydrogen) atoms. The molecule has 2 aromatic rings. The number of aromatic nitrogens is 3. The van der Waals surface area contributed by atoms with Crippen LogP contribution in [0.15, 0.2) is 17.1 Å². The Morgan fingerprint density at radius 3 is 2.74 bits per heavy atom. The number of carbonyl (C=O) groups is 1. The smallest absolute Gasteiger partial charge is 0.381 e. The van der Waals surface area contributed by atoms with E-state index >= 15 is 0 Å². The number of imidazole rings is 1. The Bertz CT molecular complexity index is 914. The minimum absolute atomic E-state index is 0.0350. The van der Waals surface area contributed by atoms with Crippen molar-refractivity contribution in [2.75, 3.05) is 26.3 Å². The molecule has 1 spiro atoms. The summed E-state index contributed by atoms with van der Waals surface area (Å²) in [5.74, 6) is -1.81. The molecule has 0 aromatic carbocycles. The lowest BCUT2D eigenvalue weighted by Gasteiger charge is -2.50. The van der Waals surface area contributed by atoms with E-state index in [1.807, 2.05) is 0 Å². The summed E-state index contributed by atoms with van der Waals surface area (Å²) in [4.78, 5) is 34.8. The molecule has 2 saturated heterocycles. The number of amides is 1. The van der Waals surface area contributed by atoms with Crippen molar-refractivity contribution in [2.24, 2.45) is 11.3 Å². The van der Waals surface area contributed by atoms with Crippen LogP contribution in [0.2, 0.25) is 0 Å². The summed E-state index contributed by atoms with van der Waals surface area (Å²) in [6.45, 7) is 0.619. The molecule has 0 bridgehead atoms. The van der Waals surface area contributed by atoms with E-state index in [0.717, 1.165) is 0 Å². The van der Waals surface area contributed by atoms with Gasteiger partial charge in [0.25, 0.3) is 5.91 Å². The van der Waals surface area contributed by atoms with Crippen LogP contribution in [-0.4, -0.2) is 58.2 Å². The number of halogens is 3. The number of hydrogen-bond acceptors (Lipinski definition) is 4. The first-order valence-corrected chi connectivity index (χ1v) is 8.80. The summed E-state index contributed by atoms with van der Waals surface area (Å²) in [5.41, 5.74) is -0.491. The van der Waals surface area contributed by atoms with Gasteiger partial charge in [-0.3, -0.25) is 9.78 Å². The highest BCUT2D eigenvalue weighted by molar-refractivity contribution is 5.96. The van der Waals surface area contributed by atoms with E-state index in [0.29, 0.717) is 11.2 Å². The Kier molecular flexibility index (Phi) is 4.25. The van der Waals surface area contributed by atoms with Crippen LogP contribution in [0.1, 0.15) is 29.6 Å². The van der Waals surface area contributed by atoms with Crippen LogP contribution in [0.25, 0.3) is 11.2 Å². The Hall–Kier alpha value is -2.36. The van der Waals surface area contributed by atoms with Crippen molar-refractivity contribution >= 4 is 17.1 Å². The van der Waals surface area contributed by atoms with Crippen LogP contribution in [0.4, 0.5) is 13.2 Å². The monoisotopic (exact) mass is 384 g/mol. The van der Waals surface area contributed by atoms with Gasteiger partial charge in [-0.05, 0) is 25.3 Å². The molecule has 1 atom stereocenters. The van der Waals surface area contributed by atoms with E-state index in [2.05, 4.69) is 15.0 Å². The second-order valence-corrected chi connectivity index (χ2v) is 7.28. The fraction of sp³-hybridized carbons (Fsp3) is 0.588. The number of rotatable bonds is 1. The Labute approximate surface area is 151 Å². The average Bonchev–Trinajstić information content (AvgIpc) is 2.99. The van der Waals surface area contributed by atoms with Gasteiger partial charge in [0, 0.05) is 37.9 Å². The van der Waals surface area contributed by atoms with E-state index < -0.39 is 23.2 Å². The van der Waals surface area contributed by atoms with Crippen LogP contribution in [0.5, 0.6) is 0 Å². The molecule has 2 aliphatic heterocycles. The molecule has 2 fully saturated rings. The van der Waals surface area contributed by atoms with E-state index in [1.54, 1.807) is 0 Å². The van der Waals surface area contributed by atoms with Crippen molar-refractivity contribution in [3.05, 3.63) is 28.3 Å². The normalized spacial score (nSPS) is 23.1.